The van der Waals surface area contributed by atoms with Crippen molar-refractivity contribution in [1.82, 2.24) is 5.32 Å². The Morgan fingerprint density at radius 1 is 1.39 bits per heavy atom. The number of urea groups is 1. The van der Waals surface area contributed by atoms with Crippen LogP contribution in [0.25, 0.3) is 0 Å². The van der Waals surface area contributed by atoms with Gasteiger partial charge in [-0.2, -0.15) is 0 Å². The third-order valence-electron chi connectivity index (χ3n) is 2.33. The summed E-state index contributed by atoms with van der Waals surface area (Å²) in [5.41, 5.74) is 0.546. The first kappa shape index (κ1) is 12.9. The van der Waals surface area contributed by atoms with E-state index in [0.29, 0.717) is 10.7 Å². The van der Waals surface area contributed by atoms with Crippen LogP contribution in [-0.4, -0.2) is 26.2 Å². The summed E-state index contributed by atoms with van der Waals surface area (Å²) in [6.07, 6.45) is 1.45. The van der Waals surface area contributed by atoms with Gasteiger partial charge in [-0.05, 0) is 24.3 Å². The van der Waals surface area contributed by atoms with E-state index in [1.165, 1.54) is 6.08 Å². The van der Waals surface area contributed by atoms with Crippen LogP contribution in [-0.2, 0) is 9.84 Å². The zero-order chi connectivity index (χ0) is 13.2. The van der Waals surface area contributed by atoms with Gasteiger partial charge in [-0.25, -0.2) is 13.2 Å². The maximum atomic E-state index is 11.6. The number of rotatable bonds is 2. The predicted octanol–water partition coefficient (Wildman–Crippen LogP) is 1.77. The van der Waals surface area contributed by atoms with Crippen LogP contribution in [0.1, 0.15) is 0 Å². The van der Waals surface area contributed by atoms with E-state index in [2.05, 4.69) is 10.6 Å². The average molecular weight is 287 g/mol. The van der Waals surface area contributed by atoms with Crippen LogP contribution < -0.4 is 10.6 Å². The number of carbonyl (C=O) groups is 1. The number of amides is 2. The monoisotopic (exact) mass is 286 g/mol. The fourth-order valence-electron chi connectivity index (χ4n) is 1.57. The topological polar surface area (TPSA) is 75.3 Å². The summed E-state index contributed by atoms with van der Waals surface area (Å²) in [4.78, 5) is 11.6. The van der Waals surface area contributed by atoms with Gasteiger partial charge in [0.15, 0.2) is 9.84 Å². The van der Waals surface area contributed by atoms with Crippen LogP contribution in [0.3, 0.4) is 0 Å². The van der Waals surface area contributed by atoms with Crippen LogP contribution in [0.2, 0.25) is 5.02 Å². The molecule has 1 aliphatic rings. The number of nitrogens with one attached hydrogen (secondary N) is 2. The molecule has 1 aliphatic heterocycles. The maximum Gasteiger partial charge on any atom is 0.319 e. The van der Waals surface area contributed by atoms with E-state index in [4.69, 9.17) is 11.6 Å². The highest BCUT2D eigenvalue weighted by atomic mass is 35.5. The quantitative estimate of drug-likeness (QED) is 0.870. The van der Waals surface area contributed by atoms with Crippen LogP contribution in [0.5, 0.6) is 0 Å². The molecule has 5 nitrogen and oxygen atoms in total. The summed E-state index contributed by atoms with van der Waals surface area (Å²) in [6.45, 7) is 0. The zero-order valence-corrected chi connectivity index (χ0v) is 10.8. The van der Waals surface area contributed by atoms with E-state index in [1.54, 1.807) is 24.3 Å². The van der Waals surface area contributed by atoms with E-state index < -0.39 is 21.9 Å². The van der Waals surface area contributed by atoms with Gasteiger partial charge in [-0.3, -0.25) is 0 Å². The molecule has 2 rings (SSSR count). The third kappa shape index (κ3) is 3.48. The molecule has 0 saturated carbocycles. The Hall–Kier alpha value is -1.53. The Morgan fingerprint density at radius 2 is 2.17 bits per heavy atom. The minimum absolute atomic E-state index is 0.101. The molecular weight excluding hydrogens is 276 g/mol. The van der Waals surface area contributed by atoms with E-state index in [9.17, 15) is 13.2 Å². The van der Waals surface area contributed by atoms with Crippen LogP contribution in [0, 0.1) is 0 Å². The van der Waals surface area contributed by atoms with Crippen LogP contribution in [0.15, 0.2) is 35.7 Å². The molecule has 0 spiro atoms. The lowest BCUT2D eigenvalue weighted by molar-refractivity contribution is 0.251. The second kappa shape index (κ2) is 4.99. The molecule has 1 aromatic carbocycles. The van der Waals surface area contributed by atoms with Gasteiger partial charge in [-0.15, -0.1) is 0 Å². The molecule has 2 N–H and O–H groups in total. The van der Waals surface area contributed by atoms with Crippen molar-refractivity contribution in [3.05, 3.63) is 40.8 Å². The molecule has 1 heterocycles. The summed E-state index contributed by atoms with van der Waals surface area (Å²) in [7, 11) is -3.16. The third-order valence-corrected chi connectivity index (χ3v) is 3.96. The SMILES string of the molecule is O=C(Nc1cccc(Cl)c1)NC1C=CS(=O)(=O)C1. The second-order valence-electron chi connectivity index (χ2n) is 3.87. The molecular formula is C11H11ClN2O3S. The highest BCUT2D eigenvalue weighted by Gasteiger charge is 2.22. The summed E-state index contributed by atoms with van der Waals surface area (Å²) in [5.74, 6) is -0.101. The van der Waals surface area contributed by atoms with Gasteiger partial charge in [0.05, 0.1) is 11.8 Å². The molecule has 0 aliphatic carbocycles. The van der Waals surface area contributed by atoms with Crippen molar-refractivity contribution in [1.29, 1.82) is 0 Å². The lowest BCUT2D eigenvalue weighted by Crippen LogP contribution is -2.38. The first-order valence-corrected chi connectivity index (χ1v) is 7.28. The van der Waals surface area contributed by atoms with Gasteiger partial charge >= 0.3 is 6.03 Å². The highest BCUT2D eigenvalue weighted by Crippen LogP contribution is 2.15. The molecule has 0 bridgehead atoms. The molecule has 18 heavy (non-hydrogen) atoms. The molecule has 0 saturated heterocycles. The Morgan fingerprint density at radius 3 is 2.78 bits per heavy atom. The van der Waals surface area contributed by atoms with Crippen molar-refractivity contribution in [2.24, 2.45) is 0 Å². The minimum atomic E-state index is -3.16. The fraction of sp³-hybridized carbons (Fsp3) is 0.182. The number of anilines is 1. The Balaban J connectivity index is 1.92. The second-order valence-corrected chi connectivity index (χ2v) is 6.24. The molecule has 2 amide bonds. The molecule has 0 aromatic heterocycles. The summed E-state index contributed by atoms with van der Waals surface area (Å²) in [5, 5.41) is 6.74. The molecule has 7 heteroatoms. The van der Waals surface area contributed by atoms with Gasteiger partial charge < -0.3 is 10.6 Å². The standard InChI is InChI=1S/C11H11ClN2O3S/c12-8-2-1-3-9(6-8)13-11(15)14-10-4-5-18(16,17)7-10/h1-6,10H,7H2,(H2,13,14,15). The van der Waals surface area contributed by atoms with Crippen molar-refractivity contribution >= 4 is 33.2 Å². The van der Waals surface area contributed by atoms with Gasteiger partial charge in [0.25, 0.3) is 0 Å². The number of hydrogen-bond acceptors (Lipinski definition) is 3. The van der Waals surface area contributed by atoms with Crippen molar-refractivity contribution < 1.29 is 13.2 Å². The lowest BCUT2D eigenvalue weighted by atomic mass is 10.3. The molecule has 1 aromatic rings. The van der Waals surface area contributed by atoms with Crippen molar-refractivity contribution in [2.75, 3.05) is 11.1 Å². The van der Waals surface area contributed by atoms with E-state index in [-0.39, 0.29) is 5.75 Å². The normalized spacial score (nSPS) is 20.6. The number of hydrogen-bond donors (Lipinski definition) is 2. The predicted molar refractivity (Wildman–Crippen MR) is 70.3 cm³/mol. The van der Waals surface area contributed by atoms with Crippen molar-refractivity contribution in [2.45, 2.75) is 6.04 Å². The molecule has 1 atom stereocenters. The highest BCUT2D eigenvalue weighted by molar-refractivity contribution is 7.94. The van der Waals surface area contributed by atoms with Gasteiger partial charge in [-0.1, -0.05) is 17.7 Å². The summed E-state index contributed by atoms with van der Waals surface area (Å²) in [6, 6.07) is 5.72. The van der Waals surface area contributed by atoms with E-state index in [0.717, 1.165) is 5.41 Å². The molecule has 0 radical (unpaired) electrons. The zero-order valence-electron chi connectivity index (χ0n) is 9.26. The summed E-state index contributed by atoms with van der Waals surface area (Å²) < 4.78 is 22.3. The molecule has 96 valence electrons. The molecule has 1 unspecified atom stereocenters. The average Bonchev–Trinajstić information content (AvgIpc) is 2.57. The van der Waals surface area contributed by atoms with Crippen molar-refractivity contribution in [3.63, 3.8) is 0 Å². The Bertz CT molecular complexity index is 598. The number of halogens is 1. The van der Waals surface area contributed by atoms with Crippen LogP contribution in [0.4, 0.5) is 10.5 Å². The minimum Gasteiger partial charge on any atom is -0.331 e. The first-order chi connectivity index (χ1) is 8.44. The first-order valence-electron chi connectivity index (χ1n) is 5.19. The number of carbonyl (C=O) groups excluding carboxylic acids is 1. The van der Waals surface area contributed by atoms with Gasteiger partial charge in [0.2, 0.25) is 0 Å². The number of sulfone groups is 1. The summed E-state index contributed by atoms with van der Waals surface area (Å²) >= 11 is 5.77. The molecule has 0 fully saturated rings. The fourth-order valence-corrected chi connectivity index (χ4v) is 2.99. The van der Waals surface area contributed by atoms with Gasteiger partial charge in [0, 0.05) is 16.1 Å². The van der Waals surface area contributed by atoms with Gasteiger partial charge in [0.1, 0.15) is 0 Å². The van der Waals surface area contributed by atoms with Crippen LogP contribution >= 0.6 is 11.6 Å². The van der Waals surface area contributed by atoms with E-state index in [1.807, 2.05) is 0 Å². The Labute approximate surface area is 110 Å². The maximum absolute atomic E-state index is 11.6. The van der Waals surface area contributed by atoms with E-state index >= 15 is 0 Å². The largest absolute Gasteiger partial charge is 0.331 e. The van der Waals surface area contributed by atoms with Crippen molar-refractivity contribution in [3.8, 4) is 0 Å². The smallest absolute Gasteiger partial charge is 0.319 e. The Kier molecular flexibility index (Phi) is 3.58. The number of benzene rings is 1. The lowest BCUT2D eigenvalue weighted by Gasteiger charge is -2.11.